The van der Waals surface area contributed by atoms with Gasteiger partial charge in [0.2, 0.25) is 5.43 Å². The van der Waals surface area contributed by atoms with E-state index in [-0.39, 0.29) is 22.5 Å². The maximum absolute atomic E-state index is 13.5. The molecule has 1 N–H and O–H groups in total. The van der Waals surface area contributed by atoms with Crippen LogP contribution in [0, 0.1) is 0 Å². The third-order valence-electron chi connectivity index (χ3n) is 7.58. The third kappa shape index (κ3) is 5.67. The molecule has 5 rings (SSSR count). The number of rotatable bonds is 2. The normalized spacial score (nSPS) is 24.6. The number of ether oxygens (including phenoxy) is 1. The summed E-state index contributed by atoms with van der Waals surface area (Å²) in [7, 11) is 1.89. The van der Waals surface area contributed by atoms with Gasteiger partial charge in [-0.15, -0.1) is 0 Å². The van der Waals surface area contributed by atoms with Crippen molar-refractivity contribution in [1.29, 1.82) is 0 Å². The monoisotopic (exact) mass is 523 g/mol. The van der Waals surface area contributed by atoms with Gasteiger partial charge in [-0.3, -0.25) is 14.5 Å². The Hall–Kier alpha value is -2.92. The summed E-state index contributed by atoms with van der Waals surface area (Å²) in [5.74, 6) is -2.91. The number of carboxylic acid groups (broad SMARTS) is 1. The number of carbonyl (C=O) groups excluding carboxylic acids is 1. The molecule has 2 aliphatic heterocycles. The predicted molar refractivity (Wildman–Crippen MR) is 131 cm³/mol. The number of para-hydroxylation sites is 1. The van der Waals surface area contributed by atoms with Gasteiger partial charge in [0.1, 0.15) is 11.2 Å². The molecule has 3 aliphatic rings. The molecule has 1 aliphatic carbocycles. The highest BCUT2D eigenvalue weighted by molar-refractivity contribution is 5.97. The smallest absolute Gasteiger partial charge is 0.475 e. The second kappa shape index (κ2) is 10.8. The fourth-order valence-electron chi connectivity index (χ4n) is 5.86. The Bertz CT molecular complexity index is 1200. The number of morpholine rings is 1. The van der Waals surface area contributed by atoms with E-state index in [1.54, 1.807) is 12.3 Å². The maximum atomic E-state index is 13.5. The van der Waals surface area contributed by atoms with Crippen molar-refractivity contribution in [2.24, 2.45) is 7.05 Å². The lowest BCUT2D eigenvalue weighted by atomic mass is 9.78. The Balaban J connectivity index is 0.000000405. The molecule has 2 saturated heterocycles. The number of amides is 1. The van der Waals surface area contributed by atoms with Crippen LogP contribution in [-0.2, 0) is 16.6 Å². The summed E-state index contributed by atoms with van der Waals surface area (Å²) >= 11 is 0. The van der Waals surface area contributed by atoms with Crippen LogP contribution in [0.2, 0.25) is 0 Å². The number of hydrogen-bond donors (Lipinski definition) is 1. The van der Waals surface area contributed by atoms with Crippen molar-refractivity contribution in [3.8, 4) is 0 Å². The van der Waals surface area contributed by atoms with Gasteiger partial charge >= 0.3 is 12.1 Å². The minimum Gasteiger partial charge on any atom is -0.475 e. The van der Waals surface area contributed by atoms with Gasteiger partial charge < -0.3 is 19.3 Å². The zero-order chi connectivity index (χ0) is 26.8. The molecule has 37 heavy (non-hydrogen) atoms. The van der Waals surface area contributed by atoms with Crippen LogP contribution >= 0.6 is 0 Å². The van der Waals surface area contributed by atoms with Crippen LogP contribution in [0.3, 0.4) is 0 Å². The van der Waals surface area contributed by atoms with Crippen molar-refractivity contribution >= 4 is 22.8 Å². The van der Waals surface area contributed by atoms with Crippen molar-refractivity contribution in [2.75, 3.05) is 32.8 Å². The lowest BCUT2D eigenvalue weighted by molar-refractivity contribution is -0.192. The third-order valence-corrected chi connectivity index (χ3v) is 7.58. The Morgan fingerprint density at radius 1 is 1.08 bits per heavy atom. The van der Waals surface area contributed by atoms with Gasteiger partial charge in [-0.25, -0.2) is 4.79 Å². The molecular formula is C26H32F3N3O5. The molecule has 0 bridgehead atoms. The molecule has 1 aromatic heterocycles. The highest BCUT2D eigenvalue weighted by atomic mass is 19.4. The van der Waals surface area contributed by atoms with Crippen molar-refractivity contribution in [3.63, 3.8) is 0 Å². The van der Waals surface area contributed by atoms with Gasteiger partial charge in [-0.05, 0) is 50.9 Å². The summed E-state index contributed by atoms with van der Waals surface area (Å²) in [6, 6.07) is 7.86. The molecule has 1 saturated carbocycles. The van der Waals surface area contributed by atoms with E-state index in [1.807, 2.05) is 34.7 Å². The molecule has 3 fully saturated rings. The number of halogens is 3. The van der Waals surface area contributed by atoms with E-state index in [9.17, 15) is 22.8 Å². The molecule has 1 amide bonds. The number of alkyl halides is 3. The van der Waals surface area contributed by atoms with Crippen molar-refractivity contribution in [3.05, 3.63) is 46.2 Å². The number of aromatic nitrogens is 1. The Morgan fingerprint density at radius 2 is 1.76 bits per heavy atom. The molecule has 202 valence electrons. The Kier molecular flexibility index (Phi) is 7.94. The largest absolute Gasteiger partial charge is 0.490 e. The maximum Gasteiger partial charge on any atom is 0.490 e. The van der Waals surface area contributed by atoms with E-state index in [1.165, 1.54) is 19.3 Å². The molecule has 0 radical (unpaired) electrons. The minimum atomic E-state index is -5.08. The van der Waals surface area contributed by atoms with Crippen LogP contribution in [0.25, 0.3) is 10.9 Å². The number of nitrogens with zero attached hydrogens (tertiary/aromatic N) is 3. The lowest BCUT2D eigenvalue weighted by Crippen LogP contribution is -2.64. The van der Waals surface area contributed by atoms with E-state index < -0.39 is 12.1 Å². The number of fused-ring (bicyclic) bond motifs is 1. The van der Waals surface area contributed by atoms with Crippen LogP contribution in [0.1, 0.15) is 48.9 Å². The number of benzene rings is 1. The molecule has 1 aromatic carbocycles. The minimum absolute atomic E-state index is 0.158. The molecule has 2 atom stereocenters. The highest BCUT2D eigenvalue weighted by Crippen LogP contribution is 2.39. The first-order valence-electron chi connectivity index (χ1n) is 12.6. The van der Waals surface area contributed by atoms with Gasteiger partial charge in [0.05, 0.1) is 18.7 Å². The zero-order valence-electron chi connectivity index (χ0n) is 20.8. The Morgan fingerprint density at radius 3 is 2.43 bits per heavy atom. The number of aliphatic carboxylic acids is 1. The average molecular weight is 524 g/mol. The molecular weight excluding hydrogens is 491 g/mol. The van der Waals surface area contributed by atoms with Gasteiger partial charge in [0.25, 0.3) is 5.91 Å². The van der Waals surface area contributed by atoms with Gasteiger partial charge in [-0.1, -0.05) is 25.0 Å². The number of carbonyl (C=O) groups is 2. The van der Waals surface area contributed by atoms with Crippen molar-refractivity contribution < 1.29 is 32.6 Å². The van der Waals surface area contributed by atoms with E-state index in [0.29, 0.717) is 31.1 Å². The summed E-state index contributed by atoms with van der Waals surface area (Å²) in [4.78, 5) is 40.0. The second-order valence-electron chi connectivity index (χ2n) is 9.95. The second-order valence-corrected chi connectivity index (χ2v) is 9.95. The molecule has 2 aromatic rings. The highest BCUT2D eigenvalue weighted by Gasteiger charge is 2.49. The number of likely N-dealkylation sites (tertiary alicyclic amines) is 1. The van der Waals surface area contributed by atoms with Crippen LogP contribution in [-0.4, -0.2) is 82.0 Å². The molecule has 1 spiro atoms. The van der Waals surface area contributed by atoms with Crippen LogP contribution in [0.15, 0.2) is 35.3 Å². The number of carboxylic acids is 1. The van der Waals surface area contributed by atoms with Crippen molar-refractivity contribution in [2.45, 2.75) is 56.3 Å². The summed E-state index contributed by atoms with van der Waals surface area (Å²) < 4.78 is 40.1. The molecule has 8 nitrogen and oxygen atoms in total. The number of aryl methyl sites for hydroxylation is 1. The van der Waals surface area contributed by atoms with E-state index >= 15 is 0 Å². The van der Waals surface area contributed by atoms with Crippen LogP contribution in [0.5, 0.6) is 0 Å². The number of hydrogen-bond acceptors (Lipinski definition) is 5. The molecule has 3 heterocycles. The van der Waals surface area contributed by atoms with E-state index in [0.717, 1.165) is 37.9 Å². The van der Waals surface area contributed by atoms with Gasteiger partial charge in [0, 0.05) is 31.2 Å². The van der Waals surface area contributed by atoms with Gasteiger partial charge in [0.15, 0.2) is 0 Å². The Labute approximate surface area is 212 Å². The summed E-state index contributed by atoms with van der Waals surface area (Å²) in [6.45, 7) is 3.94. The fraction of sp³-hybridized carbons (Fsp3) is 0.577. The summed E-state index contributed by atoms with van der Waals surface area (Å²) in [5.41, 5.74) is 0.646. The molecule has 11 heteroatoms. The summed E-state index contributed by atoms with van der Waals surface area (Å²) in [5, 5.41) is 7.72. The lowest BCUT2D eigenvalue weighted by Gasteiger charge is -2.52. The van der Waals surface area contributed by atoms with E-state index in [4.69, 9.17) is 14.6 Å². The van der Waals surface area contributed by atoms with Crippen LogP contribution in [0.4, 0.5) is 13.2 Å². The van der Waals surface area contributed by atoms with Gasteiger partial charge in [-0.2, -0.15) is 13.2 Å². The number of pyridine rings is 1. The SMILES string of the molecule is Cn1cc(C(=O)N2CCOC3(CCCCC3N3CCCC3)C2)c(=O)c2ccccc21.O=C(O)C(F)(F)F. The summed E-state index contributed by atoms with van der Waals surface area (Å²) in [6.07, 6.45) is 3.63. The van der Waals surface area contributed by atoms with Crippen molar-refractivity contribution in [1.82, 2.24) is 14.4 Å². The average Bonchev–Trinajstić information content (AvgIpc) is 3.41. The first-order chi connectivity index (χ1) is 17.5. The fourth-order valence-corrected chi connectivity index (χ4v) is 5.86. The van der Waals surface area contributed by atoms with E-state index in [2.05, 4.69) is 4.90 Å². The predicted octanol–water partition coefficient (Wildman–Crippen LogP) is 3.42. The standard InChI is InChI=1S/C24H31N3O3.C2HF3O2/c1-25-16-19(22(28)18-8-2-3-9-20(18)25)23(29)27-14-15-30-24(17-27)11-5-4-10-21(24)26-12-6-7-13-26;3-2(4,5)1(6)7/h2-3,8-9,16,21H,4-7,10-15,17H2,1H3;(H,6,7). The first-order valence-corrected chi connectivity index (χ1v) is 12.6. The molecule has 2 unspecified atom stereocenters. The first kappa shape index (κ1) is 27.1. The quantitative estimate of drug-likeness (QED) is 0.649. The topological polar surface area (TPSA) is 92.1 Å². The zero-order valence-corrected chi connectivity index (χ0v) is 20.8. The van der Waals surface area contributed by atoms with Crippen LogP contribution < -0.4 is 5.43 Å².